The second-order valence-electron chi connectivity index (χ2n) is 6.21. The van der Waals surface area contributed by atoms with Crippen molar-refractivity contribution < 1.29 is 5.11 Å². The van der Waals surface area contributed by atoms with Gasteiger partial charge in [-0.05, 0) is 41.5 Å². The Kier molecular flexibility index (Phi) is 5.81. The fourth-order valence-corrected chi connectivity index (χ4v) is 3.97. The van der Waals surface area contributed by atoms with E-state index in [9.17, 15) is 5.11 Å². The third-order valence-corrected chi connectivity index (χ3v) is 5.35. The van der Waals surface area contributed by atoms with Gasteiger partial charge in [-0.25, -0.2) is 4.98 Å². The van der Waals surface area contributed by atoms with Crippen molar-refractivity contribution in [3.63, 3.8) is 0 Å². The summed E-state index contributed by atoms with van der Waals surface area (Å²) < 4.78 is 0. The van der Waals surface area contributed by atoms with Gasteiger partial charge in [0.15, 0.2) is 0 Å². The zero-order valence-electron chi connectivity index (χ0n) is 15.0. The summed E-state index contributed by atoms with van der Waals surface area (Å²) in [6.07, 6.45) is 1.55. The Bertz CT molecular complexity index is 1160. The first-order valence-electron chi connectivity index (χ1n) is 8.68. The normalized spacial score (nSPS) is 11.1. The Balaban J connectivity index is 1.47. The summed E-state index contributed by atoms with van der Waals surface area (Å²) in [6, 6.07) is 20.5. The van der Waals surface area contributed by atoms with Crippen molar-refractivity contribution in [1.82, 2.24) is 4.98 Å². The third-order valence-electron chi connectivity index (χ3n) is 4.16. The minimum Gasteiger partial charge on any atom is -0.507 e. The molecule has 3 aromatic carbocycles. The quantitative estimate of drug-likeness (QED) is 0.261. The van der Waals surface area contributed by atoms with Crippen molar-refractivity contribution in [2.45, 2.75) is 0 Å². The summed E-state index contributed by atoms with van der Waals surface area (Å²) in [5, 5.41) is 18.2. The van der Waals surface area contributed by atoms with E-state index in [0.29, 0.717) is 20.7 Å². The maximum absolute atomic E-state index is 10.3. The second kappa shape index (κ2) is 8.66. The van der Waals surface area contributed by atoms with Crippen LogP contribution in [0.2, 0.25) is 10.0 Å². The first-order chi connectivity index (χ1) is 14.1. The number of hydrazone groups is 1. The Morgan fingerprint density at radius 3 is 2.38 bits per heavy atom. The third kappa shape index (κ3) is 4.77. The number of phenols is 1. The lowest BCUT2D eigenvalue weighted by molar-refractivity contribution is 0.474. The van der Waals surface area contributed by atoms with Crippen LogP contribution in [0.1, 0.15) is 5.56 Å². The van der Waals surface area contributed by atoms with Gasteiger partial charge in [0.2, 0.25) is 5.13 Å². The molecule has 0 aliphatic carbocycles. The molecule has 0 bridgehead atoms. The maximum atomic E-state index is 10.3. The molecule has 4 rings (SSSR count). The molecule has 1 aromatic heterocycles. The van der Waals surface area contributed by atoms with E-state index in [1.807, 2.05) is 41.8 Å². The van der Waals surface area contributed by atoms with Crippen molar-refractivity contribution in [3.05, 3.63) is 87.7 Å². The monoisotopic (exact) mass is 439 g/mol. The van der Waals surface area contributed by atoms with Gasteiger partial charge in [0.1, 0.15) is 5.75 Å². The van der Waals surface area contributed by atoms with Crippen LogP contribution in [0, 0.1) is 0 Å². The van der Waals surface area contributed by atoms with Crippen LogP contribution in [0.3, 0.4) is 0 Å². The molecule has 0 aliphatic heterocycles. The van der Waals surface area contributed by atoms with Crippen LogP contribution in [-0.4, -0.2) is 16.3 Å². The van der Waals surface area contributed by atoms with Crippen LogP contribution in [0.5, 0.6) is 5.75 Å². The topological polar surface area (TPSA) is 57.5 Å². The van der Waals surface area contributed by atoms with E-state index in [4.69, 9.17) is 23.2 Å². The Morgan fingerprint density at radius 1 is 0.897 bits per heavy atom. The fourth-order valence-electron chi connectivity index (χ4n) is 2.78. The lowest BCUT2D eigenvalue weighted by Crippen LogP contribution is -1.91. The molecule has 0 amide bonds. The lowest BCUT2D eigenvalue weighted by Gasteiger charge is -2.06. The van der Waals surface area contributed by atoms with Crippen LogP contribution in [0.15, 0.2) is 77.2 Å². The summed E-state index contributed by atoms with van der Waals surface area (Å²) in [5.41, 5.74) is 7.06. The summed E-state index contributed by atoms with van der Waals surface area (Å²) in [5.74, 6) is 0.105. The maximum Gasteiger partial charge on any atom is 0.203 e. The molecule has 4 aromatic rings. The zero-order chi connectivity index (χ0) is 20.2. The van der Waals surface area contributed by atoms with Crippen molar-refractivity contribution in [3.8, 4) is 28.1 Å². The first kappa shape index (κ1) is 19.5. The molecule has 7 heteroatoms. The highest BCUT2D eigenvalue weighted by Crippen LogP contribution is 2.30. The molecule has 0 fully saturated rings. The molecule has 0 aliphatic rings. The number of aromatic nitrogens is 1. The van der Waals surface area contributed by atoms with Gasteiger partial charge in [0.05, 0.1) is 11.9 Å². The predicted molar refractivity (Wildman–Crippen MR) is 122 cm³/mol. The van der Waals surface area contributed by atoms with E-state index in [2.05, 4.69) is 15.5 Å². The van der Waals surface area contributed by atoms with Crippen LogP contribution >= 0.6 is 34.5 Å². The number of aromatic hydroxyl groups is 1. The van der Waals surface area contributed by atoms with E-state index >= 15 is 0 Å². The van der Waals surface area contributed by atoms with Gasteiger partial charge in [0.25, 0.3) is 0 Å². The number of thiazole rings is 1. The Morgan fingerprint density at radius 2 is 1.66 bits per heavy atom. The van der Waals surface area contributed by atoms with Crippen molar-refractivity contribution in [1.29, 1.82) is 0 Å². The smallest absolute Gasteiger partial charge is 0.203 e. The summed E-state index contributed by atoms with van der Waals surface area (Å²) in [7, 11) is 0. The van der Waals surface area contributed by atoms with Gasteiger partial charge in [0, 0.05) is 26.6 Å². The van der Waals surface area contributed by atoms with Crippen molar-refractivity contribution in [2.24, 2.45) is 5.10 Å². The lowest BCUT2D eigenvalue weighted by atomic mass is 10.0. The molecule has 0 radical (unpaired) electrons. The number of halogens is 2. The number of hydrogen-bond acceptors (Lipinski definition) is 5. The SMILES string of the molecule is Oc1cc(-c2cc(Cl)cc(Cl)c2)ccc1C=NNc1nc(-c2ccccc2)cs1. The van der Waals surface area contributed by atoms with Gasteiger partial charge < -0.3 is 5.11 Å². The molecule has 0 saturated heterocycles. The average Bonchev–Trinajstić information content (AvgIpc) is 3.18. The number of nitrogens with zero attached hydrogens (tertiary/aromatic N) is 2. The van der Waals surface area contributed by atoms with Crippen molar-refractivity contribution in [2.75, 3.05) is 5.43 Å². The van der Waals surface area contributed by atoms with Crippen LogP contribution < -0.4 is 5.43 Å². The van der Waals surface area contributed by atoms with Gasteiger partial charge in [-0.3, -0.25) is 5.43 Å². The molecule has 0 atom stereocenters. The van der Waals surface area contributed by atoms with Gasteiger partial charge in [-0.2, -0.15) is 5.10 Å². The molecule has 144 valence electrons. The molecular weight excluding hydrogens is 425 g/mol. The summed E-state index contributed by atoms with van der Waals surface area (Å²) in [6.45, 7) is 0. The van der Waals surface area contributed by atoms with E-state index in [-0.39, 0.29) is 5.75 Å². The predicted octanol–water partition coefficient (Wildman–Crippen LogP) is 6.94. The molecule has 2 N–H and O–H groups in total. The minimum atomic E-state index is 0.105. The van der Waals surface area contributed by atoms with E-state index in [1.54, 1.807) is 36.5 Å². The first-order valence-corrected chi connectivity index (χ1v) is 10.3. The number of benzene rings is 3. The molecule has 29 heavy (non-hydrogen) atoms. The molecular formula is C22H15Cl2N3OS. The average molecular weight is 440 g/mol. The van der Waals surface area contributed by atoms with Crippen molar-refractivity contribution >= 4 is 45.9 Å². The molecule has 0 unspecified atom stereocenters. The largest absolute Gasteiger partial charge is 0.507 e. The highest BCUT2D eigenvalue weighted by molar-refractivity contribution is 7.14. The Hall–Kier alpha value is -2.86. The van der Waals surface area contributed by atoms with Gasteiger partial charge >= 0.3 is 0 Å². The van der Waals surface area contributed by atoms with Gasteiger partial charge in [-0.1, -0.05) is 59.6 Å². The van der Waals surface area contributed by atoms with Crippen LogP contribution in [0.25, 0.3) is 22.4 Å². The van der Waals surface area contributed by atoms with E-state index in [1.165, 1.54) is 11.3 Å². The van der Waals surface area contributed by atoms with E-state index in [0.717, 1.165) is 22.4 Å². The second-order valence-corrected chi connectivity index (χ2v) is 7.94. The minimum absolute atomic E-state index is 0.105. The number of hydrogen-bond donors (Lipinski definition) is 2. The van der Waals surface area contributed by atoms with Crippen LogP contribution in [0.4, 0.5) is 5.13 Å². The molecule has 1 heterocycles. The molecule has 0 spiro atoms. The fraction of sp³-hybridized carbons (Fsp3) is 0. The van der Waals surface area contributed by atoms with E-state index < -0.39 is 0 Å². The Labute approximate surface area is 182 Å². The highest BCUT2D eigenvalue weighted by atomic mass is 35.5. The van der Waals surface area contributed by atoms with Crippen LogP contribution in [-0.2, 0) is 0 Å². The number of rotatable bonds is 5. The number of nitrogens with one attached hydrogen (secondary N) is 1. The number of anilines is 1. The standard InChI is InChI=1S/C22H15Cl2N3OS/c23-18-8-17(9-19(24)11-18)15-6-7-16(21(28)10-15)12-25-27-22-26-20(13-29-22)14-4-2-1-3-5-14/h1-13,28H,(H,26,27). The summed E-state index contributed by atoms with van der Waals surface area (Å²) >= 11 is 13.6. The number of phenolic OH excluding ortho intramolecular Hbond substituents is 1. The van der Waals surface area contributed by atoms with Gasteiger partial charge in [-0.15, -0.1) is 11.3 Å². The molecule has 4 nitrogen and oxygen atoms in total. The summed E-state index contributed by atoms with van der Waals surface area (Å²) in [4.78, 5) is 4.51. The highest BCUT2D eigenvalue weighted by Gasteiger charge is 2.06. The molecule has 0 saturated carbocycles. The zero-order valence-corrected chi connectivity index (χ0v) is 17.3.